The zero-order chi connectivity index (χ0) is 25.9. The highest BCUT2D eigenvalue weighted by Crippen LogP contribution is 2.58. The van der Waals surface area contributed by atoms with Crippen LogP contribution >= 0.6 is 0 Å². The Bertz CT molecular complexity index is 1050. The molecule has 0 spiro atoms. The van der Waals surface area contributed by atoms with Gasteiger partial charge in [-0.25, -0.2) is 0 Å². The molecule has 2 N–H and O–H groups in total. The molecular formula is C27H36O7Si. The highest BCUT2D eigenvalue weighted by Gasteiger charge is 2.58. The molecule has 2 aromatic rings. The Labute approximate surface area is 208 Å². The van der Waals surface area contributed by atoms with Gasteiger partial charge < -0.3 is 24.1 Å². The fourth-order valence-electron chi connectivity index (χ4n) is 5.41. The van der Waals surface area contributed by atoms with Crippen molar-refractivity contribution < 1.29 is 33.7 Å². The quantitative estimate of drug-likeness (QED) is 0.383. The van der Waals surface area contributed by atoms with Crippen LogP contribution in [0.4, 0.5) is 0 Å². The highest BCUT2D eigenvalue weighted by atomic mass is 28.4. The van der Waals surface area contributed by atoms with Crippen molar-refractivity contribution >= 4 is 20.3 Å². The number of rotatable bonds is 11. The van der Waals surface area contributed by atoms with Gasteiger partial charge >= 0.3 is 11.9 Å². The van der Waals surface area contributed by atoms with Gasteiger partial charge in [-0.1, -0.05) is 39.0 Å². The molecule has 0 amide bonds. The number of carboxylic acids is 2. The van der Waals surface area contributed by atoms with Crippen LogP contribution in [0.2, 0.25) is 18.1 Å². The molecule has 0 unspecified atom stereocenters. The summed E-state index contributed by atoms with van der Waals surface area (Å²) in [7, 11) is 1.13. The largest absolute Gasteiger partial charge is 0.541 e. The zero-order valence-corrected chi connectivity index (χ0v) is 22.3. The molecule has 1 aliphatic carbocycles. The van der Waals surface area contributed by atoms with Crippen molar-refractivity contribution in [2.24, 2.45) is 11.8 Å². The summed E-state index contributed by atoms with van der Waals surface area (Å²) in [6.45, 7) is 8.31. The summed E-state index contributed by atoms with van der Waals surface area (Å²) in [4.78, 5) is 24.8. The molecule has 0 bridgehead atoms. The number of hydrogen-bond donors (Lipinski definition) is 2. The van der Waals surface area contributed by atoms with Crippen molar-refractivity contribution in [3.05, 3.63) is 53.1 Å². The molecule has 0 radical (unpaired) electrons. The molecule has 190 valence electrons. The average molecular weight is 501 g/mol. The molecule has 3 rings (SSSR count). The van der Waals surface area contributed by atoms with Gasteiger partial charge in [-0.05, 0) is 59.9 Å². The minimum atomic E-state index is -1.96. The van der Waals surface area contributed by atoms with E-state index in [0.717, 1.165) is 23.7 Å². The molecule has 1 fully saturated rings. The van der Waals surface area contributed by atoms with E-state index in [9.17, 15) is 19.8 Å². The van der Waals surface area contributed by atoms with Crippen LogP contribution < -0.4 is 13.9 Å². The van der Waals surface area contributed by atoms with Crippen LogP contribution in [0.15, 0.2) is 36.4 Å². The smallest absolute Gasteiger partial charge is 0.307 e. The van der Waals surface area contributed by atoms with Crippen LogP contribution in [0, 0.1) is 18.8 Å². The Morgan fingerprint density at radius 2 is 1.23 bits per heavy atom. The fraction of sp³-hybridized carbons (Fsp3) is 0.481. The van der Waals surface area contributed by atoms with Gasteiger partial charge in [0.2, 0.25) is 0 Å². The van der Waals surface area contributed by atoms with Crippen molar-refractivity contribution in [2.45, 2.75) is 57.7 Å². The topological polar surface area (TPSA) is 102 Å². The summed E-state index contributed by atoms with van der Waals surface area (Å²) in [5.74, 6) is -3.46. The van der Waals surface area contributed by atoms with Gasteiger partial charge in [-0.3, -0.25) is 9.59 Å². The van der Waals surface area contributed by atoms with Crippen LogP contribution in [-0.4, -0.2) is 44.7 Å². The predicted molar refractivity (Wildman–Crippen MR) is 136 cm³/mol. The molecule has 0 heterocycles. The number of aryl methyl sites for hydroxylation is 1. The monoisotopic (exact) mass is 500 g/mol. The third-order valence-corrected chi connectivity index (χ3v) is 12.3. The number of ether oxygens (including phenoxy) is 2. The van der Waals surface area contributed by atoms with Crippen LogP contribution in [-0.2, 0) is 9.59 Å². The van der Waals surface area contributed by atoms with Crippen molar-refractivity contribution in [1.29, 1.82) is 0 Å². The molecular weight excluding hydrogens is 464 g/mol. The molecule has 0 aromatic heterocycles. The second-order valence-corrected chi connectivity index (χ2v) is 14.0. The lowest BCUT2D eigenvalue weighted by molar-refractivity contribution is -0.159. The van der Waals surface area contributed by atoms with E-state index in [0.29, 0.717) is 28.4 Å². The lowest BCUT2D eigenvalue weighted by atomic mass is 9.52. The van der Waals surface area contributed by atoms with E-state index in [1.54, 1.807) is 44.6 Å². The molecule has 0 saturated heterocycles. The average Bonchev–Trinajstić information content (AvgIpc) is 2.83. The van der Waals surface area contributed by atoms with E-state index in [4.69, 9.17) is 13.9 Å². The molecule has 0 aliphatic heterocycles. The highest BCUT2D eigenvalue weighted by molar-refractivity contribution is 6.74. The van der Waals surface area contributed by atoms with Crippen LogP contribution in [0.25, 0.3) is 0 Å². The van der Waals surface area contributed by atoms with E-state index in [2.05, 4.69) is 20.8 Å². The standard InChI is InChI=1S/C27H36O7Si/c1-7-35(8-2,9-3)34-19-13-12-18(15-21(19)33-6)23-24(26(28)29)22(25(23)27(30)31)17-11-10-16(4)20(14-17)32-5/h10-15,22-25H,7-9H2,1-6H3,(H,28,29)(H,30,31)/t22-,23-,24-,25-/m0/s1. The van der Waals surface area contributed by atoms with E-state index in [1.165, 1.54) is 0 Å². The molecule has 2 aromatic carbocycles. The normalized spacial score (nSPS) is 21.7. The molecule has 1 saturated carbocycles. The minimum Gasteiger partial charge on any atom is -0.541 e. The first-order valence-electron chi connectivity index (χ1n) is 12.1. The summed E-state index contributed by atoms with van der Waals surface area (Å²) >= 11 is 0. The van der Waals surface area contributed by atoms with Crippen molar-refractivity contribution in [3.8, 4) is 17.2 Å². The fourth-order valence-corrected chi connectivity index (χ4v) is 7.98. The van der Waals surface area contributed by atoms with E-state index in [-0.39, 0.29) is 0 Å². The summed E-state index contributed by atoms with van der Waals surface area (Å²) in [5, 5.41) is 20.3. The summed E-state index contributed by atoms with van der Waals surface area (Å²) in [5.41, 5.74) is 2.18. The Hall–Kier alpha value is -3.00. The molecule has 7 nitrogen and oxygen atoms in total. The Kier molecular flexibility index (Phi) is 8.15. The third-order valence-electron chi connectivity index (χ3n) is 7.77. The molecule has 8 heteroatoms. The van der Waals surface area contributed by atoms with Crippen molar-refractivity contribution in [3.63, 3.8) is 0 Å². The Balaban J connectivity index is 2.03. The van der Waals surface area contributed by atoms with Crippen LogP contribution in [0.5, 0.6) is 17.2 Å². The Morgan fingerprint density at radius 1 is 0.771 bits per heavy atom. The number of carboxylic acid groups (broad SMARTS) is 2. The maximum absolute atomic E-state index is 12.4. The summed E-state index contributed by atoms with van der Waals surface area (Å²) < 4.78 is 17.5. The first-order chi connectivity index (χ1) is 16.7. The van der Waals surface area contributed by atoms with Crippen LogP contribution in [0.3, 0.4) is 0 Å². The first kappa shape index (κ1) is 26.6. The van der Waals surface area contributed by atoms with Gasteiger partial charge in [0, 0.05) is 11.8 Å². The van der Waals surface area contributed by atoms with Crippen molar-refractivity contribution in [2.75, 3.05) is 14.2 Å². The van der Waals surface area contributed by atoms with Gasteiger partial charge in [0.25, 0.3) is 8.32 Å². The second kappa shape index (κ2) is 10.7. The number of hydrogen-bond acceptors (Lipinski definition) is 5. The van der Waals surface area contributed by atoms with E-state index < -0.39 is 43.9 Å². The molecule has 1 aliphatic rings. The maximum atomic E-state index is 12.4. The molecule has 2 atom stereocenters. The summed E-state index contributed by atoms with van der Waals surface area (Å²) in [6.07, 6.45) is 0. The zero-order valence-electron chi connectivity index (χ0n) is 21.3. The number of benzene rings is 2. The van der Waals surface area contributed by atoms with Gasteiger partial charge in [-0.15, -0.1) is 0 Å². The van der Waals surface area contributed by atoms with Gasteiger partial charge in [0.1, 0.15) is 11.5 Å². The lowest BCUT2D eigenvalue weighted by Crippen LogP contribution is -2.50. The summed E-state index contributed by atoms with van der Waals surface area (Å²) in [6, 6.07) is 13.6. The maximum Gasteiger partial charge on any atom is 0.307 e. The lowest BCUT2D eigenvalue weighted by Gasteiger charge is -2.48. The van der Waals surface area contributed by atoms with Gasteiger partial charge in [-0.2, -0.15) is 0 Å². The van der Waals surface area contributed by atoms with Crippen LogP contribution in [0.1, 0.15) is 49.3 Å². The number of methoxy groups -OCH3 is 2. The first-order valence-corrected chi connectivity index (χ1v) is 14.7. The third kappa shape index (κ3) is 4.89. The number of aliphatic carboxylic acids is 2. The number of carbonyl (C=O) groups is 2. The van der Waals surface area contributed by atoms with Crippen molar-refractivity contribution in [1.82, 2.24) is 0 Å². The second-order valence-electron chi connectivity index (χ2n) is 9.26. The predicted octanol–water partition coefficient (Wildman–Crippen LogP) is 5.68. The molecule has 35 heavy (non-hydrogen) atoms. The minimum absolute atomic E-state index is 0.503. The SMILES string of the molecule is CC[Si](CC)(CC)Oc1ccc([C@H]2[C@@H](C(=O)O)[C@H](c3ccc(C)c(OC)c3)[C@@H]2C(=O)O)cc1OC. The van der Waals surface area contributed by atoms with Gasteiger partial charge in [0.05, 0.1) is 26.1 Å². The Morgan fingerprint density at radius 3 is 1.66 bits per heavy atom. The van der Waals surface area contributed by atoms with E-state index in [1.807, 2.05) is 13.0 Å². The van der Waals surface area contributed by atoms with E-state index >= 15 is 0 Å². The van der Waals surface area contributed by atoms with Gasteiger partial charge in [0.15, 0.2) is 5.75 Å².